The number of sulfonamides is 1. The molecule has 2 atom stereocenters. The van der Waals surface area contributed by atoms with E-state index in [0.717, 1.165) is 28.7 Å². The maximum atomic E-state index is 13.2. The zero-order valence-electron chi connectivity index (χ0n) is 18.4. The number of hydrogen-bond acceptors (Lipinski definition) is 4. The molecule has 1 aliphatic rings. The molecule has 0 saturated heterocycles. The second kappa shape index (κ2) is 7.95. The first-order valence-corrected chi connectivity index (χ1v) is 11.9. The predicted octanol–water partition coefficient (Wildman–Crippen LogP) is 3.88. The largest absolute Gasteiger partial charge is 0.487 e. The molecule has 1 N–H and O–H groups in total. The lowest BCUT2D eigenvalue weighted by Crippen LogP contribution is -2.50. The van der Waals surface area contributed by atoms with Crippen LogP contribution in [0.3, 0.4) is 0 Å². The maximum absolute atomic E-state index is 13.2. The zero-order chi connectivity index (χ0) is 22.3. The van der Waals surface area contributed by atoms with Crippen LogP contribution in [0.5, 0.6) is 5.75 Å². The van der Waals surface area contributed by atoms with Crippen LogP contribution in [0.4, 0.5) is 5.69 Å². The van der Waals surface area contributed by atoms with E-state index in [1.54, 1.807) is 19.1 Å². The summed E-state index contributed by atoms with van der Waals surface area (Å²) in [6.07, 6.45) is 1.71. The second-order valence-corrected chi connectivity index (χ2v) is 10.6. The number of ether oxygens (including phenoxy) is 1. The van der Waals surface area contributed by atoms with Crippen molar-refractivity contribution >= 4 is 21.6 Å². The summed E-state index contributed by atoms with van der Waals surface area (Å²) in [5.41, 5.74) is 2.82. The van der Waals surface area contributed by atoms with Crippen LogP contribution in [0.2, 0.25) is 0 Å². The lowest BCUT2D eigenvalue weighted by Gasteiger charge is -2.38. The average molecular weight is 431 g/mol. The Morgan fingerprint density at radius 3 is 2.37 bits per heavy atom. The highest BCUT2D eigenvalue weighted by molar-refractivity contribution is 7.92. The highest BCUT2D eigenvalue weighted by Gasteiger charge is 2.36. The number of carbonyl (C=O) groups excluding carboxylic acids is 1. The van der Waals surface area contributed by atoms with E-state index in [1.165, 1.54) is 4.31 Å². The van der Waals surface area contributed by atoms with Crippen LogP contribution in [-0.4, -0.2) is 32.2 Å². The van der Waals surface area contributed by atoms with Crippen molar-refractivity contribution in [1.82, 2.24) is 5.32 Å². The third kappa shape index (κ3) is 4.78. The van der Waals surface area contributed by atoms with Gasteiger partial charge in [-0.15, -0.1) is 0 Å². The average Bonchev–Trinajstić information content (AvgIpc) is 2.58. The van der Waals surface area contributed by atoms with E-state index >= 15 is 0 Å². The van der Waals surface area contributed by atoms with E-state index in [2.05, 4.69) is 5.32 Å². The maximum Gasteiger partial charge on any atom is 0.244 e. The molecule has 0 saturated carbocycles. The minimum Gasteiger partial charge on any atom is -0.487 e. The van der Waals surface area contributed by atoms with E-state index in [4.69, 9.17) is 4.74 Å². The fraction of sp³-hybridized carbons (Fsp3) is 0.435. The van der Waals surface area contributed by atoms with Gasteiger partial charge in [-0.1, -0.05) is 24.3 Å². The zero-order valence-corrected chi connectivity index (χ0v) is 19.2. The molecule has 162 valence electrons. The number of carbonyl (C=O) groups is 1. The lowest BCUT2D eigenvalue weighted by atomic mass is 9.89. The van der Waals surface area contributed by atoms with E-state index in [1.807, 2.05) is 58.0 Å². The fourth-order valence-electron chi connectivity index (χ4n) is 4.11. The van der Waals surface area contributed by atoms with Crippen molar-refractivity contribution in [3.63, 3.8) is 0 Å². The highest BCUT2D eigenvalue weighted by Crippen LogP contribution is 2.39. The number of nitrogens with one attached hydrogen (secondary N) is 1. The van der Waals surface area contributed by atoms with Crippen LogP contribution >= 0.6 is 0 Å². The van der Waals surface area contributed by atoms with Gasteiger partial charge in [0.1, 0.15) is 17.4 Å². The van der Waals surface area contributed by atoms with Gasteiger partial charge in [0.05, 0.1) is 18.0 Å². The van der Waals surface area contributed by atoms with Gasteiger partial charge in [0.25, 0.3) is 0 Å². The first-order valence-electron chi connectivity index (χ1n) is 10.0. The number of rotatable bonds is 5. The van der Waals surface area contributed by atoms with Crippen LogP contribution in [0, 0.1) is 13.8 Å². The number of benzene rings is 2. The summed E-state index contributed by atoms with van der Waals surface area (Å²) in [4.78, 5) is 13.2. The van der Waals surface area contributed by atoms with Gasteiger partial charge < -0.3 is 10.1 Å². The number of hydrogen-bond donors (Lipinski definition) is 1. The molecule has 0 unspecified atom stereocenters. The van der Waals surface area contributed by atoms with Crippen molar-refractivity contribution in [3.8, 4) is 5.75 Å². The number of anilines is 1. The van der Waals surface area contributed by atoms with Crippen LogP contribution in [0.1, 0.15) is 49.9 Å². The number of fused-ring (bicyclic) bond motifs is 1. The fourth-order valence-corrected chi connectivity index (χ4v) is 5.27. The summed E-state index contributed by atoms with van der Waals surface area (Å²) in [5.74, 6) is 0.387. The van der Waals surface area contributed by atoms with Crippen molar-refractivity contribution in [3.05, 3.63) is 59.2 Å². The molecule has 0 bridgehead atoms. The van der Waals surface area contributed by atoms with Gasteiger partial charge in [-0.05, 0) is 63.9 Å². The molecule has 3 rings (SSSR count). The predicted molar refractivity (Wildman–Crippen MR) is 119 cm³/mol. The molecule has 0 spiro atoms. The molecule has 7 heteroatoms. The molecule has 6 nitrogen and oxygen atoms in total. The third-order valence-corrected chi connectivity index (χ3v) is 6.48. The molecule has 1 aliphatic heterocycles. The quantitative estimate of drug-likeness (QED) is 0.781. The summed E-state index contributed by atoms with van der Waals surface area (Å²) in [5, 5.41) is 3.06. The van der Waals surface area contributed by atoms with Crippen molar-refractivity contribution in [1.29, 1.82) is 0 Å². The SMILES string of the molecule is Cc1cc(C)cc(N([C@@H](C)C(=O)N[C@@H]2CC(C)(C)Oc3ccccc32)S(C)(=O)=O)c1. The number of para-hydroxylation sites is 1. The normalized spacial score (nSPS) is 18.7. The van der Waals surface area contributed by atoms with Crippen molar-refractivity contribution in [2.24, 2.45) is 0 Å². The Labute approximate surface area is 179 Å². The molecule has 30 heavy (non-hydrogen) atoms. The molecule has 0 aromatic heterocycles. The smallest absolute Gasteiger partial charge is 0.244 e. The molecule has 0 fully saturated rings. The van der Waals surface area contributed by atoms with E-state index in [9.17, 15) is 13.2 Å². The number of nitrogens with zero attached hydrogens (tertiary/aromatic N) is 1. The highest BCUT2D eigenvalue weighted by atomic mass is 32.2. The summed E-state index contributed by atoms with van der Waals surface area (Å²) < 4.78 is 32.5. The van der Waals surface area contributed by atoms with Crippen LogP contribution < -0.4 is 14.4 Å². The van der Waals surface area contributed by atoms with Gasteiger partial charge in [-0.3, -0.25) is 9.10 Å². The van der Waals surface area contributed by atoms with Gasteiger partial charge in [0, 0.05) is 12.0 Å². The minimum absolute atomic E-state index is 0.263. The van der Waals surface area contributed by atoms with Crippen molar-refractivity contribution in [2.75, 3.05) is 10.6 Å². The molecule has 2 aromatic rings. The molecule has 1 heterocycles. The van der Waals surface area contributed by atoms with Gasteiger partial charge >= 0.3 is 0 Å². The van der Waals surface area contributed by atoms with Crippen LogP contribution in [0.25, 0.3) is 0 Å². The third-order valence-electron chi connectivity index (χ3n) is 5.24. The Morgan fingerprint density at radius 2 is 1.77 bits per heavy atom. The Kier molecular flexibility index (Phi) is 5.87. The lowest BCUT2D eigenvalue weighted by molar-refractivity contribution is -0.123. The molecule has 1 amide bonds. The first kappa shape index (κ1) is 22.2. The van der Waals surface area contributed by atoms with Gasteiger partial charge in [-0.25, -0.2) is 8.42 Å². The Morgan fingerprint density at radius 1 is 1.17 bits per heavy atom. The van der Waals surface area contributed by atoms with Crippen LogP contribution in [-0.2, 0) is 14.8 Å². The molecular weight excluding hydrogens is 400 g/mol. The molecule has 0 radical (unpaired) electrons. The monoisotopic (exact) mass is 430 g/mol. The Hall–Kier alpha value is -2.54. The van der Waals surface area contributed by atoms with Gasteiger partial charge in [0.15, 0.2) is 0 Å². The van der Waals surface area contributed by atoms with E-state index in [-0.39, 0.29) is 11.9 Å². The van der Waals surface area contributed by atoms with Gasteiger partial charge in [0.2, 0.25) is 15.9 Å². The first-order chi connectivity index (χ1) is 13.9. The number of aryl methyl sites for hydroxylation is 2. The van der Waals surface area contributed by atoms with Crippen molar-refractivity contribution < 1.29 is 17.9 Å². The Balaban J connectivity index is 1.91. The minimum atomic E-state index is -3.67. The molecular formula is C23H30N2O4S. The van der Waals surface area contributed by atoms with Crippen molar-refractivity contribution in [2.45, 2.75) is 58.7 Å². The Bertz CT molecular complexity index is 1040. The summed E-state index contributed by atoms with van der Waals surface area (Å²) in [6, 6.07) is 12.0. The van der Waals surface area contributed by atoms with Crippen LogP contribution in [0.15, 0.2) is 42.5 Å². The molecule has 0 aliphatic carbocycles. The number of amides is 1. The second-order valence-electron chi connectivity index (χ2n) is 8.75. The van der Waals surface area contributed by atoms with E-state index < -0.39 is 21.7 Å². The topological polar surface area (TPSA) is 75.7 Å². The van der Waals surface area contributed by atoms with Gasteiger partial charge in [-0.2, -0.15) is 0 Å². The molecule has 2 aromatic carbocycles. The van der Waals surface area contributed by atoms with E-state index in [0.29, 0.717) is 12.1 Å². The summed E-state index contributed by atoms with van der Waals surface area (Å²) in [7, 11) is -3.67. The summed E-state index contributed by atoms with van der Waals surface area (Å²) in [6.45, 7) is 9.38. The summed E-state index contributed by atoms with van der Waals surface area (Å²) >= 11 is 0. The standard InChI is InChI=1S/C23H30N2O4S/c1-15-11-16(2)13-18(12-15)25(30(6,27)28)17(3)22(26)24-20-14-23(4,5)29-21-10-8-7-9-19(20)21/h7-13,17,20H,14H2,1-6H3,(H,24,26)/t17-,20+/m0/s1.